The summed E-state index contributed by atoms with van der Waals surface area (Å²) < 4.78 is 43.6. The standard InChI is InChI=1S/C17H12ClF3N4O2/c18-12-4-3-10(17(19,20)21)8-14(12)25-16-22-6-5-13(24-16)15(26)23-9-11-2-1-7-27-11/h1-8H,9H2,(H,23,26)(H,22,24,25). The lowest BCUT2D eigenvalue weighted by molar-refractivity contribution is -0.137. The molecule has 27 heavy (non-hydrogen) atoms. The molecule has 0 aliphatic rings. The van der Waals surface area contributed by atoms with Crippen LogP contribution >= 0.6 is 11.6 Å². The van der Waals surface area contributed by atoms with Crippen LogP contribution in [-0.4, -0.2) is 15.9 Å². The Bertz CT molecular complexity index is 946. The molecule has 0 aliphatic carbocycles. The van der Waals surface area contributed by atoms with Gasteiger partial charge in [0.2, 0.25) is 5.95 Å². The fraction of sp³-hybridized carbons (Fsp3) is 0.118. The fourth-order valence-corrected chi connectivity index (χ4v) is 2.30. The minimum absolute atomic E-state index is 0.0281. The van der Waals surface area contributed by atoms with Gasteiger partial charge in [-0.2, -0.15) is 13.2 Å². The first-order chi connectivity index (χ1) is 12.8. The normalized spacial score (nSPS) is 11.3. The number of carbonyl (C=O) groups is 1. The van der Waals surface area contributed by atoms with Gasteiger partial charge in [-0.05, 0) is 36.4 Å². The molecular weight excluding hydrogens is 385 g/mol. The van der Waals surface area contributed by atoms with Gasteiger partial charge in [0, 0.05) is 6.20 Å². The van der Waals surface area contributed by atoms with Gasteiger partial charge in [0.15, 0.2) is 0 Å². The summed E-state index contributed by atoms with van der Waals surface area (Å²) in [7, 11) is 0. The van der Waals surface area contributed by atoms with Crippen molar-refractivity contribution in [2.75, 3.05) is 5.32 Å². The number of halogens is 4. The minimum atomic E-state index is -4.52. The number of hydrogen-bond acceptors (Lipinski definition) is 5. The van der Waals surface area contributed by atoms with E-state index in [2.05, 4.69) is 20.6 Å². The molecule has 0 aliphatic heterocycles. The molecule has 140 valence electrons. The summed E-state index contributed by atoms with van der Waals surface area (Å²) >= 11 is 5.93. The van der Waals surface area contributed by atoms with E-state index >= 15 is 0 Å². The van der Waals surface area contributed by atoms with E-state index in [0.29, 0.717) is 5.76 Å². The Morgan fingerprint density at radius 2 is 2.04 bits per heavy atom. The van der Waals surface area contributed by atoms with Gasteiger partial charge in [0.1, 0.15) is 11.5 Å². The first-order valence-corrected chi connectivity index (χ1v) is 7.98. The summed E-state index contributed by atoms with van der Waals surface area (Å²) in [6.07, 6.45) is -1.73. The number of benzene rings is 1. The number of nitrogens with zero attached hydrogens (tertiary/aromatic N) is 2. The van der Waals surface area contributed by atoms with Crippen molar-refractivity contribution in [3.8, 4) is 0 Å². The number of alkyl halides is 3. The van der Waals surface area contributed by atoms with Gasteiger partial charge in [-0.25, -0.2) is 9.97 Å². The van der Waals surface area contributed by atoms with Gasteiger partial charge in [-0.15, -0.1) is 0 Å². The predicted octanol–water partition coefficient (Wildman–Crippen LogP) is 4.42. The number of amides is 1. The molecule has 0 radical (unpaired) electrons. The third kappa shape index (κ3) is 4.76. The Hall–Kier alpha value is -3.07. The van der Waals surface area contributed by atoms with E-state index in [0.717, 1.165) is 18.2 Å². The zero-order valence-electron chi connectivity index (χ0n) is 13.5. The summed E-state index contributed by atoms with van der Waals surface area (Å²) in [5.41, 5.74) is -0.872. The third-order valence-electron chi connectivity index (χ3n) is 3.43. The summed E-state index contributed by atoms with van der Waals surface area (Å²) in [4.78, 5) is 20.0. The molecule has 0 atom stereocenters. The number of carbonyl (C=O) groups excluding carboxylic acids is 1. The number of hydrogen-bond donors (Lipinski definition) is 2. The molecule has 2 heterocycles. The van der Waals surface area contributed by atoms with E-state index < -0.39 is 17.6 Å². The van der Waals surface area contributed by atoms with Crippen LogP contribution in [0.2, 0.25) is 5.02 Å². The molecule has 3 rings (SSSR count). The lowest BCUT2D eigenvalue weighted by Crippen LogP contribution is -2.24. The fourth-order valence-electron chi connectivity index (χ4n) is 2.13. The van der Waals surface area contributed by atoms with Crippen LogP contribution in [0.15, 0.2) is 53.3 Å². The van der Waals surface area contributed by atoms with Crippen LogP contribution in [0.3, 0.4) is 0 Å². The van der Waals surface area contributed by atoms with E-state index in [1.807, 2.05) is 0 Å². The lowest BCUT2D eigenvalue weighted by atomic mass is 10.2. The molecule has 1 aromatic carbocycles. The summed E-state index contributed by atoms with van der Waals surface area (Å²) in [6, 6.07) is 7.58. The van der Waals surface area contributed by atoms with Crippen molar-refractivity contribution in [1.82, 2.24) is 15.3 Å². The lowest BCUT2D eigenvalue weighted by Gasteiger charge is -2.12. The number of furan rings is 1. The Balaban J connectivity index is 1.75. The largest absolute Gasteiger partial charge is 0.467 e. The van der Waals surface area contributed by atoms with Crippen molar-refractivity contribution in [2.45, 2.75) is 12.7 Å². The van der Waals surface area contributed by atoms with Gasteiger partial charge in [0.05, 0.1) is 29.1 Å². The highest BCUT2D eigenvalue weighted by Crippen LogP contribution is 2.34. The topological polar surface area (TPSA) is 80.0 Å². The maximum atomic E-state index is 12.8. The Labute approximate surface area is 156 Å². The van der Waals surface area contributed by atoms with E-state index in [4.69, 9.17) is 16.0 Å². The second-order valence-electron chi connectivity index (χ2n) is 5.34. The molecule has 0 spiro atoms. The van der Waals surface area contributed by atoms with Gasteiger partial charge >= 0.3 is 6.18 Å². The average molecular weight is 397 g/mol. The van der Waals surface area contributed by atoms with Gasteiger partial charge in [0.25, 0.3) is 5.91 Å². The van der Waals surface area contributed by atoms with Crippen molar-refractivity contribution in [3.63, 3.8) is 0 Å². The first-order valence-electron chi connectivity index (χ1n) is 7.60. The highest BCUT2D eigenvalue weighted by Gasteiger charge is 2.31. The van der Waals surface area contributed by atoms with Crippen molar-refractivity contribution in [2.24, 2.45) is 0 Å². The molecule has 6 nitrogen and oxygen atoms in total. The Morgan fingerprint density at radius 1 is 1.22 bits per heavy atom. The molecule has 0 unspecified atom stereocenters. The highest BCUT2D eigenvalue weighted by molar-refractivity contribution is 6.33. The smallest absolute Gasteiger partial charge is 0.416 e. The van der Waals surface area contributed by atoms with E-state index in [9.17, 15) is 18.0 Å². The molecule has 0 saturated heterocycles. The number of rotatable bonds is 5. The van der Waals surface area contributed by atoms with Crippen molar-refractivity contribution < 1.29 is 22.4 Å². The molecule has 0 fully saturated rings. The highest BCUT2D eigenvalue weighted by atomic mass is 35.5. The molecule has 1 amide bonds. The number of nitrogens with one attached hydrogen (secondary N) is 2. The number of anilines is 2. The monoisotopic (exact) mass is 396 g/mol. The molecule has 0 bridgehead atoms. The number of aromatic nitrogens is 2. The SMILES string of the molecule is O=C(NCc1ccco1)c1ccnc(Nc2cc(C(F)(F)F)ccc2Cl)n1. The second-order valence-corrected chi connectivity index (χ2v) is 5.75. The molecule has 0 saturated carbocycles. The van der Waals surface area contributed by atoms with Gasteiger partial charge < -0.3 is 15.1 Å². The van der Waals surface area contributed by atoms with E-state index in [1.54, 1.807) is 12.1 Å². The van der Waals surface area contributed by atoms with Gasteiger partial charge in [-0.3, -0.25) is 4.79 Å². The van der Waals surface area contributed by atoms with Crippen molar-refractivity contribution >= 4 is 29.1 Å². The first kappa shape index (κ1) is 18.7. The molecule has 3 aromatic rings. The van der Waals surface area contributed by atoms with E-state index in [1.165, 1.54) is 18.5 Å². The molecular formula is C17H12ClF3N4O2. The summed E-state index contributed by atoms with van der Waals surface area (Å²) in [5, 5.41) is 5.26. The second kappa shape index (κ2) is 7.67. The maximum absolute atomic E-state index is 12.8. The van der Waals surface area contributed by atoms with Crippen LogP contribution in [0.5, 0.6) is 0 Å². The van der Waals surface area contributed by atoms with Crippen LogP contribution < -0.4 is 10.6 Å². The van der Waals surface area contributed by atoms with Crippen LogP contribution in [0.1, 0.15) is 21.8 Å². The van der Waals surface area contributed by atoms with Gasteiger partial charge in [-0.1, -0.05) is 11.6 Å². The Kier molecular flexibility index (Phi) is 5.31. The van der Waals surface area contributed by atoms with Crippen molar-refractivity contribution in [3.05, 3.63) is 70.9 Å². The molecule has 2 N–H and O–H groups in total. The summed E-state index contributed by atoms with van der Waals surface area (Å²) in [5.74, 6) is 0.000337. The summed E-state index contributed by atoms with van der Waals surface area (Å²) in [6.45, 7) is 0.165. The molecule has 2 aromatic heterocycles. The van der Waals surface area contributed by atoms with Crippen LogP contribution in [-0.2, 0) is 12.7 Å². The molecule has 10 heteroatoms. The third-order valence-corrected chi connectivity index (χ3v) is 3.76. The van der Waals surface area contributed by atoms with Crippen LogP contribution in [0.4, 0.5) is 24.8 Å². The zero-order chi connectivity index (χ0) is 19.4. The van der Waals surface area contributed by atoms with E-state index in [-0.39, 0.29) is 28.9 Å². The average Bonchev–Trinajstić information content (AvgIpc) is 3.14. The minimum Gasteiger partial charge on any atom is -0.467 e. The Morgan fingerprint density at radius 3 is 2.74 bits per heavy atom. The van der Waals surface area contributed by atoms with Crippen LogP contribution in [0, 0.1) is 0 Å². The van der Waals surface area contributed by atoms with Crippen LogP contribution in [0.25, 0.3) is 0 Å². The maximum Gasteiger partial charge on any atom is 0.416 e. The predicted molar refractivity (Wildman–Crippen MR) is 91.6 cm³/mol. The quantitative estimate of drug-likeness (QED) is 0.667. The zero-order valence-corrected chi connectivity index (χ0v) is 14.3. The van der Waals surface area contributed by atoms with Crippen molar-refractivity contribution in [1.29, 1.82) is 0 Å².